The van der Waals surface area contributed by atoms with E-state index >= 15 is 0 Å². The van der Waals surface area contributed by atoms with Crippen molar-refractivity contribution in [2.24, 2.45) is 0 Å². The number of aromatic nitrogens is 2. The number of amides is 1. The summed E-state index contributed by atoms with van der Waals surface area (Å²) < 4.78 is 71.5. The van der Waals surface area contributed by atoms with Gasteiger partial charge in [0, 0.05) is 23.9 Å². The van der Waals surface area contributed by atoms with Gasteiger partial charge in [-0.25, -0.2) is 13.5 Å². The van der Waals surface area contributed by atoms with Gasteiger partial charge in [0.25, 0.3) is 5.91 Å². The first-order chi connectivity index (χ1) is 16.1. The van der Waals surface area contributed by atoms with Crippen LogP contribution in [0.25, 0.3) is 5.69 Å². The van der Waals surface area contributed by atoms with E-state index < -0.39 is 35.4 Å². The average molecular weight is 481 g/mol. The molecule has 0 radical (unpaired) electrons. The molecule has 1 unspecified atom stereocenters. The summed E-state index contributed by atoms with van der Waals surface area (Å²) >= 11 is 0. The topological polar surface area (TPSA) is 76.4 Å². The highest BCUT2D eigenvalue weighted by molar-refractivity contribution is 5.94. The van der Waals surface area contributed by atoms with Crippen molar-refractivity contribution in [1.29, 1.82) is 0 Å². The van der Waals surface area contributed by atoms with Crippen molar-refractivity contribution in [3.05, 3.63) is 76.6 Å². The molecule has 1 aliphatic rings. The summed E-state index contributed by atoms with van der Waals surface area (Å²) in [5.41, 5.74) is 1.05. The molecule has 1 atom stereocenters. The molecule has 0 spiro atoms. The average Bonchev–Trinajstić information content (AvgIpc) is 3.40. The number of fused-ring (bicyclic) bond motifs is 1. The Morgan fingerprint density at radius 2 is 1.85 bits per heavy atom. The highest BCUT2D eigenvalue weighted by Gasteiger charge is 2.30. The minimum absolute atomic E-state index is 0.132. The SMILES string of the molecule is O=C(NCC(O)COc1ccc(C(F)(F)F)cc1)c1nn(-c2ccc(F)c(F)c2)c2c1CCC2. The van der Waals surface area contributed by atoms with Crippen molar-refractivity contribution < 1.29 is 36.6 Å². The van der Waals surface area contributed by atoms with Gasteiger partial charge < -0.3 is 15.2 Å². The van der Waals surface area contributed by atoms with Crippen LogP contribution >= 0.6 is 0 Å². The molecule has 2 N–H and O–H groups in total. The van der Waals surface area contributed by atoms with Crippen LogP contribution in [0.2, 0.25) is 0 Å². The predicted molar refractivity (Wildman–Crippen MR) is 111 cm³/mol. The van der Waals surface area contributed by atoms with Gasteiger partial charge in [-0.1, -0.05) is 0 Å². The second kappa shape index (κ2) is 9.41. The highest BCUT2D eigenvalue weighted by atomic mass is 19.4. The normalized spacial score (nSPS) is 14.1. The maximum absolute atomic E-state index is 13.7. The Balaban J connectivity index is 1.37. The number of rotatable bonds is 7. The molecule has 34 heavy (non-hydrogen) atoms. The maximum Gasteiger partial charge on any atom is 0.416 e. The molecule has 6 nitrogen and oxygen atoms in total. The zero-order chi connectivity index (χ0) is 24.5. The molecular weight excluding hydrogens is 461 g/mol. The van der Waals surface area contributed by atoms with Crippen LogP contribution in [0, 0.1) is 11.6 Å². The molecule has 4 rings (SSSR count). The Bertz CT molecular complexity index is 1190. The minimum atomic E-state index is -4.46. The fourth-order valence-electron chi connectivity index (χ4n) is 3.74. The number of nitrogens with zero attached hydrogens (tertiary/aromatic N) is 2. The number of nitrogens with one attached hydrogen (secondary N) is 1. The lowest BCUT2D eigenvalue weighted by Crippen LogP contribution is -2.35. The zero-order valence-corrected chi connectivity index (χ0v) is 17.7. The van der Waals surface area contributed by atoms with E-state index in [9.17, 15) is 31.9 Å². The summed E-state index contributed by atoms with van der Waals surface area (Å²) in [5, 5.41) is 16.9. The van der Waals surface area contributed by atoms with Crippen LogP contribution in [-0.4, -0.2) is 40.0 Å². The van der Waals surface area contributed by atoms with E-state index in [-0.39, 0.29) is 24.6 Å². The van der Waals surface area contributed by atoms with Gasteiger partial charge in [0.2, 0.25) is 0 Å². The van der Waals surface area contributed by atoms with Crippen LogP contribution in [0.1, 0.15) is 33.7 Å². The summed E-state index contributed by atoms with van der Waals surface area (Å²) in [7, 11) is 0. The number of hydrogen-bond acceptors (Lipinski definition) is 4. The number of benzene rings is 2. The number of aliphatic hydroxyl groups is 1. The van der Waals surface area contributed by atoms with Gasteiger partial charge in [-0.2, -0.15) is 18.3 Å². The monoisotopic (exact) mass is 481 g/mol. The Morgan fingerprint density at radius 1 is 1.12 bits per heavy atom. The molecule has 0 saturated carbocycles. The Labute approximate surface area is 191 Å². The van der Waals surface area contributed by atoms with E-state index in [0.717, 1.165) is 48.5 Å². The first-order valence-electron chi connectivity index (χ1n) is 10.5. The van der Waals surface area contributed by atoms with Crippen molar-refractivity contribution in [3.8, 4) is 11.4 Å². The summed E-state index contributed by atoms with van der Waals surface area (Å²) in [4.78, 5) is 12.7. The molecule has 0 fully saturated rings. The standard InChI is InChI=1S/C23H20F5N3O3/c24-18-9-6-14(10-19(18)25)31-20-3-1-2-17(20)21(30-31)22(33)29-11-15(32)12-34-16-7-4-13(5-8-16)23(26,27)28/h4-10,15,32H,1-3,11-12H2,(H,29,33). The van der Waals surface area contributed by atoms with Crippen molar-refractivity contribution >= 4 is 5.91 Å². The minimum Gasteiger partial charge on any atom is -0.491 e. The van der Waals surface area contributed by atoms with Gasteiger partial charge in [-0.05, 0) is 55.7 Å². The van der Waals surface area contributed by atoms with Crippen molar-refractivity contribution in [2.45, 2.75) is 31.5 Å². The van der Waals surface area contributed by atoms with Crippen LogP contribution in [0.4, 0.5) is 22.0 Å². The molecule has 11 heteroatoms. The number of carbonyl (C=O) groups is 1. The lowest BCUT2D eigenvalue weighted by Gasteiger charge is -2.14. The largest absolute Gasteiger partial charge is 0.491 e. The molecular formula is C23H20F5N3O3. The van der Waals surface area contributed by atoms with E-state index in [4.69, 9.17) is 4.74 Å². The highest BCUT2D eigenvalue weighted by Crippen LogP contribution is 2.30. The molecule has 0 bridgehead atoms. The predicted octanol–water partition coefficient (Wildman–Crippen LogP) is 3.83. The van der Waals surface area contributed by atoms with E-state index in [0.29, 0.717) is 24.1 Å². The number of aliphatic hydroxyl groups excluding tert-OH is 1. The smallest absolute Gasteiger partial charge is 0.416 e. The third-order valence-electron chi connectivity index (χ3n) is 5.42. The van der Waals surface area contributed by atoms with Crippen LogP contribution in [-0.2, 0) is 19.0 Å². The van der Waals surface area contributed by atoms with E-state index in [1.807, 2.05) is 0 Å². The van der Waals surface area contributed by atoms with E-state index in [2.05, 4.69) is 10.4 Å². The zero-order valence-electron chi connectivity index (χ0n) is 17.7. The van der Waals surface area contributed by atoms with Crippen molar-refractivity contribution in [2.75, 3.05) is 13.2 Å². The fourth-order valence-corrected chi connectivity index (χ4v) is 3.74. The number of halogens is 5. The molecule has 2 aromatic carbocycles. The van der Waals surface area contributed by atoms with Crippen molar-refractivity contribution in [3.63, 3.8) is 0 Å². The van der Waals surface area contributed by atoms with Gasteiger partial charge >= 0.3 is 6.18 Å². The number of hydrogen-bond donors (Lipinski definition) is 2. The third kappa shape index (κ3) is 5.04. The maximum atomic E-state index is 13.7. The number of ether oxygens (including phenoxy) is 1. The molecule has 1 aromatic heterocycles. The van der Waals surface area contributed by atoms with Crippen LogP contribution < -0.4 is 10.1 Å². The molecule has 1 aliphatic carbocycles. The number of alkyl halides is 3. The van der Waals surface area contributed by atoms with Gasteiger partial charge in [0.1, 0.15) is 18.5 Å². The van der Waals surface area contributed by atoms with Crippen molar-refractivity contribution in [1.82, 2.24) is 15.1 Å². The first-order valence-corrected chi connectivity index (χ1v) is 10.5. The second-order valence-electron chi connectivity index (χ2n) is 7.83. The molecule has 1 heterocycles. The van der Waals surface area contributed by atoms with Crippen LogP contribution in [0.3, 0.4) is 0 Å². The molecule has 3 aromatic rings. The van der Waals surface area contributed by atoms with Gasteiger partial charge in [0.15, 0.2) is 17.3 Å². The lowest BCUT2D eigenvalue weighted by atomic mass is 10.2. The van der Waals surface area contributed by atoms with E-state index in [1.165, 1.54) is 10.7 Å². The summed E-state index contributed by atoms with van der Waals surface area (Å²) in [5.74, 6) is -2.42. The molecule has 180 valence electrons. The van der Waals surface area contributed by atoms with Gasteiger partial charge in [-0.3, -0.25) is 4.79 Å². The van der Waals surface area contributed by atoms with Crippen LogP contribution in [0.15, 0.2) is 42.5 Å². The summed E-state index contributed by atoms with van der Waals surface area (Å²) in [6, 6.07) is 7.38. The van der Waals surface area contributed by atoms with Gasteiger partial charge in [0.05, 0.1) is 11.3 Å². The lowest BCUT2D eigenvalue weighted by molar-refractivity contribution is -0.137. The Hall–Kier alpha value is -3.47. The van der Waals surface area contributed by atoms with Gasteiger partial charge in [-0.15, -0.1) is 0 Å². The Kier molecular flexibility index (Phi) is 6.56. The quantitative estimate of drug-likeness (QED) is 0.503. The summed E-state index contributed by atoms with van der Waals surface area (Å²) in [6.07, 6.45) is -3.59. The van der Waals surface area contributed by atoms with E-state index in [1.54, 1.807) is 0 Å². The van der Waals surface area contributed by atoms with Crippen LogP contribution in [0.5, 0.6) is 5.75 Å². The second-order valence-corrected chi connectivity index (χ2v) is 7.83. The number of carbonyl (C=O) groups excluding carboxylic acids is 1. The molecule has 0 saturated heterocycles. The Morgan fingerprint density at radius 3 is 2.53 bits per heavy atom. The molecule has 1 amide bonds. The summed E-state index contributed by atoms with van der Waals surface area (Å²) in [6.45, 7) is -0.445. The first kappa shape index (κ1) is 23.7. The molecule has 0 aliphatic heterocycles. The fraction of sp³-hybridized carbons (Fsp3) is 0.304. The third-order valence-corrected chi connectivity index (χ3v) is 5.42.